The first-order valence-electron chi connectivity index (χ1n) is 8.05. The minimum atomic E-state index is -1.54. The van der Waals surface area contributed by atoms with Gasteiger partial charge < -0.3 is 44.8 Å². The van der Waals surface area contributed by atoms with E-state index in [0.717, 1.165) is 0 Å². The van der Waals surface area contributed by atoms with Crippen LogP contribution in [0.2, 0.25) is 0 Å². The van der Waals surface area contributed by atoms with Gasteiger partial charge in [-0.05, 0) is 18.4 Å². The molecular weight excluding hydrogens is 324 g/mol. The van der Waals surface area contributed by atoms with E-state index in [1.807, 2.05) is 0 Å². The van der Waals surface area contributed by atoms with Crippen molar-refractivity contribution in [3.8, 4) is 0 Å². The Kier molecular flexibility index (Phi) is 5.42. The SMILES string of the molecule is OCC1OC(OC2OC=CC3CC(O)C(CO)C32)C(O)C(O)C1O. The molecule has 9 nitrogen and oxygen atoms in total. The molecule has 10 atom stereocenters. The monoisotopic (exact) mass is 348 g/mol. The van der Waals surface area contributed by atoms with E-state index in [1.165, 1.54) is 6.26 Å². The highest BCUT2D eigenvalue weighted by Gasteiger charge is 2.51. The number of fused-ring (bicyclic) bond motifs is 1. The fourth-order valence-electron chi connectivity index (χ4n) is 3.79. The molecule has 0 spiro atoms. The summed E-state index contributed by atoms with van der Waals surface area (Å²) in [6, 6.07) is 0. The van der Waals surface area contributed by atoms with Crippen LogP contribution in [0.25, 0.3) is 0 Å². The highest BCUT2D eigenvalue weighted by Crippen LogP contribution is 2.44. The lowest BCUT2D eigenvalue weighted by Crippen LogP contribution is -2.60. The fraction of sp³-hybridized carbons (Fsp3) is 0.867. The molecule has 0 bridgehead atoms. The molecule has 6 N–H and O–H groups in total. The van der Waals surface area contributed by atoms with Crippen molar-refractivity contribution in [2.75, 3.05) is 13.2 Å². The van der Waals surface area contributed by atoms with Gasteiger partial charge in [0.05, 0.1) is 19.0 Å². The molecule has 10 unspecified atom stereocenters. The third-order valence-corrected chi connectivity index (χ3v) is 5.18. The lowest BCUT2D eigenvalue weighted by atomic mass is 9.87. The first-order valence-corrected chi connectivity index (χ1v) is 8.05. The van der Waals surface area contributed by atoms with Crippen molar-refractivity contribution in [2.45, 2.75) is 49.5 Å². The lowest BCUT2D eigenvalue weighted by Gasteiger charge is -2.42. The average molecular weight is 348 g/mol. The van der Waals surface area contributed by atoms with Gasteiger partial charge in [-0.15, -0.1) is 0 Å². The lowest BCUT2D eigenvalue weighted by molar-refractivity contribution is -0.342. The predicted molar refractivity (Wildman–Crippen MR) is 77.0 cm³/mol. The van der Waals surface area contributed by atoms with Crippen LogP contribution >= 0.6 is 0 Å². The Balaban J connectivity index is 1.73. The van der Waals surface area contributed by atoms with Crippen LogP contribution in [0, 0.1) is 17.8 Å². The van der Waals surface area contributed by atoms with Crippen LogP contribution < -0.4 is 0 Å². The first-order chi connectivity index (χ1) is 11.5. The molecule has 0 radical (unpaired) electrons. The smallest absolute Gasteiger partial charge is 0.205 e. The molecule has 2 heterocycles. The maximum atomic E-state index is 10.1. The largest absolute Gasteiger partial charge is 0.472 e. The van der Waals surface area contributed by atoms with Crippen molar-refractivity contribution < 1.29 is 44.8 Å². The number of aliphatic hydroxyl groups excluding tert-OH is 6. The Bertz CT molecular complexity index is 456. The van der Waals surface area contributed by atoms with Crippen molar-refractivity contribution in [3.63, 3.8) is 0 Å². The third kappa shape index (κ3) is 3.06. The molecule has 1 aliphatic carbocycles. The number of hydrogen-bond acceptors (Lipinski definition) is 9. The van der Waals surface area contributed by atoms with E-state index in [1.54, 1.807) is 6.08 Å². The van der Waals surface area contributed by atoms with Crippen molar-refractivity contribution in [2.24, 2.45) is 17.8 Å². The third-order valence-electron chi connectivity index (χ3n) is 5.18. The minimum Gasteiger partial charge on any atom is -0.472 e. The van der Waals surface area contributed by atoms with Crippen LogP contribution in [-0.2, 0) is 14.2 Å². The molecule has 138 valence electrons. The summed E-state index contributed by atoms with van der Waals surface area (Å²) in [7, 11) is 0. The summed E-state index contributed by atoms with van der Waals surface area (Å²) in [5.41, 5.74) is 0. The van der Waals surface area contributed by atoms with E-state index in [0.29, 0.717) is 6.42 Å². The molecule has 2 aliphatic heterocycles. The van der Waals surface area contributed by atoms with E-state index in [9.17, 15) is 30.6 Å². The normalized spacial score (nSPS) is 51.2. The van der Waals surface area contributed by atoms with Crippen LogP contribution in [-0.4, -0.2) is 87.0 Å². The standard InChI is InChI=1S/C15H24O9/c16-4-7-8(18)3-6-1-2-22-14(10(6)7)24-15-13(21)12(20)11(19)9(5-17)23-15/h1-2,6-21H,3-5H2. The molecule has 0 aromatic carbocycles. The van der Waals surface area contributed by atoms with E-state index in [2.05, 4.69) is 0 Å². The minimum absolute atomic E-state index is 0.0548. The number of ether oxygens (including phenoxy) is 3. The van der Waals surface area contributed by atoms with Gasteiger partial charge in [0.1, 0.15) is 24.4 Å². The molecule has 1 saturated carbocycles. The van der Waals surface area contributed by atoms with Crippen molar-refractivity contribution in [1.82, 2.24) is 0 Å². The van der Waals surface area contributed by atoms with Gasteiger partial charge in [-0.25, -0.2) is 0 Å². The molecule has 3 rings (SSSR count). The summed E-state index contributed by atoms with van der Waals surface area (Å²) in [5, 5.41) is 58.5. The summed E-state index contributed by atoms with van der Waals surface area (Å²) < 4.78 is 16.4. The maximum absolute atomic E-state index is 10.1. The Morgan fingerprint density at radius 2 is 1.71 bits per heavy atom. The second-order valence-corrected chi connectivity index (χ2v) is 6.56. The Hall–Kier alpha value is -0.780. The summed E-state index contributed by atoms with van der Waals surface area (Å²) in [6.07, 6.45) is -4.87. The van der Waals surface area contributed by atoms with E-state index in [-0.39, 0.29) is 18.4 Å². The Labute approximate surface area is 138 Å². The van der Waals surface area contributed by atoms with Gasteiger partial charge in [0.15, 0.2) is 6.29 Å². The van der Waals surface area contributed by atoms with Crippen LogP contribution in [0.1, 0.15) is 6.42 Å². The second-order valence-electron chi connectivity index (χ2n) is 6.56. The van der Waals surface area contributed by atoms with Crippen molar-refractivity contribution in [1.29, 1.82) is 0 Å². The topological polar surface area (TPSA) is 149 Å². The van der Waals surface area contributed by atoms with Crippen LogP contribution in [0.5, 0.6) is 0 Å². The highest BCUT2D eigenvalue weighted by atomic mass is 16.8. The van der Waals surface area contributed by atoms with E-state index in [4.69, 9.17) is 14.2 Å². The maximum Gasteiger partial charge on any atom is 0.205 e. The fourth-order valence-corrected chi connectivity index (χ4v) is 3.79. The molecule has 9 heteroatoms. The number of rotatable bonds is 4. The molecule has 2 fully saturated rings. The molecule has 0 amide bonds. The average Bonchev–Trinajstić information content (AvgIpc) is 2.91. The first kappa shape index (κ1) is 18.0. The zero-order valence-electron chi connectivity index (χ0n) is 13.0. The Morgan fingerprint density at radius 1 is 0.958 bits per heavy atom. The number of hydrogen-bond donors (Lipinski definition) is 6. The quantitative estimate of drug-likeness (QED) is 0.318. The van der Waals surface area contributed by atoms with Crippen LogP contribution in [0.3, 0.4) is 0 Å². The van der Waals surface area contributed by atoms with Gasteiger partial charge in [-0.1, -0.05) is 0 Å². The van der Waals surface area contributed by atoms with Gasteiger partial charge >= 0.3 is 0 Å². The van der Waals surface area contributed by atoms with E-state index < -0.39 is 55.6 Å². The summed E-state index contributed by atoms with van der Waals surface area (Å²) >= 11 is 0. The van der Waals surface area contributed by atoms with Gasteiger partial charge in [-0.3, -0.25) is 0 Å². The number of allylic oxidation sites excluding steroid dienone is 1. The zero-order valence-corrected chi connectivity index (χ0v) is 13.0. The molecule has 24 heavy (non-hydrogen) atoms. The molecular formula is C15H24O9. The van der Waals surface area contributed by atoms with E-state index >= 15 is 0 Å². The molecule has 0 aromatic heterocycles. The van der Waals surface area contributed by atoms with Gasteiger partial charge in [0, 0.05) is 18.4 Å². The van der Waals surface area contributed by atoms with Gasteiger partial charge in [0.25, 0.3) is 0 Å². The molecule has 0 aromatic rings. The zero-order chi connectivity index (χ0) is 17.4. The highest BCUT2D eigenvalue weighted by molar-refractivity contribution is 5.04. The Morgan fingerprint density at radius 3 is 2.38 bits per heavy atom. The van der Waals surface area contributed by atoms with Crippen molar-refractivity contribution in [3.05, 3.63) is 12.3 Å². The van der Waals surface area contributed by atoms with Crippen molar-refractivity contribution >= 4 is 0 Å². The summed E-state index contributed by atoms with van der Waals surface area (Å²) in [4.78, 5) is 0. The molecule has 3 aliphatic rings. The van der Waals surface area contributed by atoms with Crippen LogP contribution in [0.4, 0.5) is 0 Å². The second kappa shape index (κ2) is 7.22. The van der Waals surface area contributed by atoms with Gasteiger partial charge in [-0.2, -0.15) is 0 Å². The van der Waals surface area contributed by atoms with Crippen LogP contribution in [0.15, 0.2) is 12.3 Å². The summed E-state index contributed by atoms with van der Waals surface area (Å²) in [5.74, 6) is -0.849. The van der Waals surface area contributed by atoms with Gasteiger partial charge in [0.2, 0.25) is 6.29 Å². The number of aliphatic hydroxyl groups is 6. The molecule has 1 saturated heterocycles. The predicted octanol–water partition coefficient (Wildman–Crippen LogP) is -2.72. The summed E-state index contributed by atoms with van der Waals surface area (Å²) in [6.45, 7) is -0.797.